The van der Waals surface area contributed by atoms with E-state index in [2.05, 4.69) is 6.92 Å². The number of ether oxygens (including phenoxy) is 2. The molecule has 0 saturated heterocycles. The molecule has 0 aliphatic rings. The van der Waals surface area contributed by atoms with Crippen LogP contribution in [0.15, 0.2) is 58.5 Å². The molecule has 34 heavy (non-hydrogen) atoms. The van der Waals surface area contributed by atoms with Gasteiger partial charge >= 0.3 is 6.16 Å². The number of nitrogens with two attached hydrogens (primary N) is 1. The lowest BCUT2D eigenvalue weighted by Gasteiger charge is -2.13. The minimum absolute atomic E-state index is 0.0680. The van der Waals surface area contributed by atoms with Crippen LogP contribution >= 0.6 is 11.8 Å². The fourth-order valence-corrected chi connectivity index (χ4v) is 4.53. The highest BCUT2D eigenvalue weighted by atomic mass is 32.2. The number of benzene rings is 2. The standard InChI is InChI=1S/C24H29N3O5S2/c1-4-6-10-21-26-22(33-3)23(32-24(28)31-5-2)27(21)16-17-11-13-18(14-12-17)19-8-7-9-20(15-19)34(25,29)30/h7-9,11-15H,4-6,10,16H2,1-3H3,(H2,25,29,30). The van der Waals surface area contributed by atoms with Crippen molar-refractivity contribution in [3.63, 3.8) is 0 Å². The van der Waals surface area contributed by atoms with E-state index in [1.54, 1.807) is 19.1 Å². The molecule has 8 nitrogen and oxygen atoms in total. The van der Waals surface area contributed by atoms with Crippen molar-refractivity contribution in [2.75, 3.05) is 12.9 Å². The SMILES string of the molecule is CCCCc1nc(SC)c(OC(=O)OCC)n1Cc1ccc(-c2cccc(S(N)(=O)=O)c2)cc1. The smallest absolute Gasteiger partial charge is 0.434 e. The monoisotopic (exact) mass is 503 g/mol. The maximum atomic E-state index is 12.1. The molecule has 2 N–H and O–H groups in total. The maximum Gasteiger partial charge on any atom is 0.515 e. The van der Waals surface area contributed by atoms with Crippen molar-refractivity contribution in [2.45, 2.75) is 49.6 Å². The number of unbranched alkanes of at least 4 members (excludes halogenated alkanes) is 1. The number of rotatable bonds is 10. The summed E-state index contributed by atoms with van der Waals surface area (Å²) >= 11 is 1.41. The molecule has 0 aliphatic carbocycles. The normalized spacial score (nSPS) is 11.4. The summed E-state index contributed by atoms with van der Waals surface area (Å²) in [4.78, 5) is 16.8. The van der Waals surface area contributed by atoms with E-state index in [9.17, 15) is 13.2 Å². The summed E-state index contributed by atoms with van der Waals surface area (Å²) in [6.07, 6.45) is 3.86. The van der Waals surface area contributed by atoms with E-state index in [0.717, 1.165) is 41.8 Å². The van der Waals surface area contributed by atoms with E-state index < -0.39 is 16.2 Å². The lowest BCUT2D eigenvalue weighted by atomic mass is 10.0. The molecule has 0 amide bonds. The van der Waals surface area contributed by atoms with Gasteiger partial charge in [-0.3, -0.25) is 4.57 Å². The van der Waals surface area contributed by atoms with Crippen LogP contribution in [0.25, 0.3) is 11.1 Å². The van der Waals surface area contributed by atoms with Crippen LogP contribution in [0.2, 0.25) is 0 Å². The van der Waals surface area contributed by atoms with Gasteiger partial charge in [0.1, 0.15) is 5.82 Å². The average molecular weight is 504 g/mol. The summed E-state index contributed by atoms with van der Waals surface area (Å²) in [6.45, 7) is 4.51. The van der Waals surface area contributed by atoms with Gasteiger partial charge in [0, 0.05) is 6.42 Å². The van der Waals surface area contributed by atoms with Crippen molar-refractivity contribution >= 4 is 27.9 Å². The third-order valence-corrected chi connectivity index (χ3v) is 6.71. The Kier molecular flexibility index (Phi) is 8.76. The summed E-state index contributed by atoms with van der Waals surface area (Å²) in [5.74, 6) is 1.22. The summed E-state index contributed by atoms with van der Waals surface area (Å²) in [7, 11) is -3.78. The third kappa shape index (κ3) is 6.40. The van der Waals surface area contributed by atoms with Crippen molar-refractivity contribution in [3.8, 4) is 17.0 Å². The molecule has 1 heterocycles. The number of carbonyl (C=O) groups is 1. The molecule has 0 bridgehead atoms. The average Bonchev–Trinajstić information content (AvgIpc) is 3.13. The first-order valence-corrected chi connectivity index (χ1v) is 13.7. The van der Waals surface area contributed by atoms with E-state index >= 15 is 0 Å². The van der Waals surface area contributed by atoms with Crippen LogP contribution in [0.1, 0.15) is 38.1 Å². The Bertz CT molecular complexity index is 1240. The second-order valence-corrected chi connectivity index (χ2v) is 9.94. The molecule has 0 unspecified atom stereocenters. The van der Waals surface area contributed by atoms with E-state index in [1.165, 1.54) is 17.8 Å². The van der Waals surface area contributed by atoms with Crippen LogP contribution in [-0.4, -0.2) is 37.0 Å². The van der Waals surface area contributed by atoms with Gasteiger partial charge in [0.2, 0.25) is 15.9 Å². The van der Waals surface area contributed by atoms with Crippen molar-refractivity contribution < 1.29 is 22.7 Å². The number of sulfonamides is 1. The second-order valence-electron chi connectivity index (χ2n) is 7.59. The van der Waals surface area contributed by atoms with Gasteiger partial charge in [-0.15, -0.1) is 11.8 Å². The van der Waals surface area contributed by atoms with E-state index in [1.807, 2.05) is 41.2 Å². The van der Waals surface area contributed by atoms with E-state index in [0.29, 0.717) is 17.5 Å². The molecule has 10 heteroatoms. The van der Waals surface area contributed by atoms with Crippen LogP contribution in [0.5, 0.6) is 5.88 Å². The molecular weight excluding hydrogens is 474 g/mol. The largest absolute Gasteiger partial charge is 0.515 e. The molecular formula is C24H29N3O5S2. The number of aryl methyl sites for hydroxylation is 1. The number of nitrogens with zero attached hydrogens (tertiary/aromatic N) is 2. The van der Waals surface area contributed by atoms with E-state index in [-0.39, 0.29) is 11.5 Å². The quantitative estimate of drug-likeness (QED) is 0.311. The molecule has 0 spiro atoms. The zero-order valence-corrected chi connectivity index (χ0v) is 21.1. The molecule has 3 rings (SSSR count). The minimum Gasteiger partial charge on any atom is -0.434 e. The highest BCUT2D eigenvalue weighted by Gasteiger charge is 2.21. The Morgan fingerprint density at radius 3 is 2.47 bits per heavy atom. The lowest BCUT2D eigenvalue weighted by molar-refractivity contribution is 0.0998. The van der Waals surface area contributed by atoms with Gasteiger partial charge in [-0.1, -0.05) is 49.7 Å². The summed E-state index contributed by atoms with van der Waals surface area (Å²) in [5, 5.41) is 5.90. The van der Waals surface area contributed by atoms with Crippen molar-refractivity contribution in [1.29, 1.82) is 0 Å². The fraction of sp³-hybridized carbons (Fsp3) is 0.333. The molecule has 0 fully saturated rings. The predicted molar refractivity (Wildman–Crippen MR) is 133 cm³/mol. The number of aromatic nitrogens is 2. The summed E-state index contributed by atoms with van der Waals surface area (Å²) in [5.41, 5.74) is 2.59. The highest BCUT2D eigenvalue weighted by molar-refractivity contribution is 7.98. The van der Waals surface area contributed by atoms with Gasteiger partial charge in [-0.25, -0.2) is 23.3 Å². The van der Waals surface area contributed by atoms with Crippen LogP contribution in [0.4, 0.5) is 4.79 Å². The predicted octanol–water partition coefficient (Wildman–Crippen LogP) is 4.85. The van der Waals surface area contributed by atoms with Gasteiger partial charge in [0.15, 0.2) is 5.03 Å². The first-order chi connectivity index (χ1) is 16.3. The minimum atomic E-state index is -3.78. The number of carbonyl (C=O) groups excluding carboxylic acids is 1. The molecule has 0 radical (unpaired) electrons. The first-order valence-electron chi connectivity index (χ1n) is 11.0. The zero-order chi connectivity index (χ0) is 24.7. The molecule has 182 valence electrons. The second kappa shape index (κ2) is 11.5. The van der Waals surface area contributed by atoms with Crippen LogP contribution < -0.4 is 9.88 Å². The molecule has 0 atom stereocenters. The molecule has 0 aliphatic heterocycles. The lowest BCUT2D eigenvalue weighted by Crippen LogP contribution is -2.15. The Morgan fingerprint density at radius 1 is 1.12 bits per heavy atom. The maximum absolute atomic E-state index is 12.1. The van der Waals surface area contributed by atoms with Crippen LogP contribution in [0, 0.1) is 0 Å². The van der Waals surface area contributed by atoms with Gasteiger partial charge in [0.25, 0.3) is 0 Å². The van der Waals surface area contributed by atoms with Crippen LogP contribution in [0.3, 0.4) is 0 Å². The third-order valence-electron chi connectivity index (χ3n) is 5.15. The highest BCUT2D eigenvalue weighted by Crippen LogP contribution is 2.31. The van der Waals surface area contributed by atoms with Gasteiger partial charge in [-0.2, -0.15) is 0 Å². The molecule has 2 aromatic carbocycles. The number of hydrogen-bond donors (Lipinski definition) is 1. The molecule has 1 aromatic heterocycles. The summed E-state index contributed by atoms with van der Waals surface area (Å²) < 4.78 is 35.8. The fourth-order valence-electron chi connectivity index (χ4n) is 3.44. The topological polar surface area (TPSA) is 114 Å². The van der Waals surface area contributed by atoms with E-state index in [4.69, 9.17) is 19.6 Å². The van der Waals surface area contributed by atoms with Crippen molar-refractivity contribution in [3.05, 3.63) is 59.9 Å². The van der Waals surface area contributed by atoms with Crippen molar-refractivity contribution in [1.82, 2.24) is 9.55 Å². The Morgan fingerprint density at radius 2 is 1.85 bits per heavy atom. The zero-order valence-electron chi connectivity index (χ0n) is 19.5. The Hall–Kier alpha value is -2.82. The first kappa shape index (κ1) is 25.8. The summed E-state index contributed by atoms with van der Waals surface area (Å²) in [6, 6.07) is 14.3. The van der Waals surface area contributed by atoms with Crippen molar-refractivity contribution in [2.24, 2.45) is 5.14 Å². The van der Waals surface area contributed by atoms with Gasteiger partial charge < -0.3 is 9.47 Å². The molecule has 3 aromatic rings. The van der Waals surface area contributed by atoms with Crippen LogP contribution in [-0.2, 0) is 27.7 Å². The van der Waals surface area contributed by atoms with Gasteiger partial charge in [-0.05, 0) is 48.4 Å². The number of hydrogen-bond acceptors (Lipinski definition) is 7. The number of imidazole rings is 1. The Balaban J connectivity index is 1.92. The Labute approximate surface area is 204 Å². The number of primary sulfonamides is 1. The molecule has 0 saturated carbocycles. The number of thioether (sulfide) groups is 1. The van der Waals surface area contributed by atoms with Gasteiger partial charge in [0.05, 0.1) is 18.0 Å².